The smallest absolute Gasteiger partial charge is 0.325 e. The fourth-order valence-corrected chi connectivity index (χ4v) is 4.88. The van der Waals surface area contributed by atoms with E-state index in [-0.39, 0.29) is 17.4 Å². The second-order valence-corrected chi connectivity index (χ2v) is 8.79. The summed E-state index contributed by atoms with van der Waals surface area (Å²) in [6.07, 6.45) is -1.36. The number of thioether (sulfide) groups is 1. The van der Waals surface area contributed by atoms with Crippen LogP contribution in [0.2, 0.25) is 0 Å². The molecule has 1 saturated carbocycles. The Morgan fingerprint density at radius 3 is 2.59 bits per heavy atom. The number of para-hydroxylation sites is 1. The van der Waals surface area contributed by atoms with E-state index >= 15 is 0 Å². The number of nitro groups is 1. The van der Waals surface area contributed by atoms with Gasteiger partial charge in [-0.1, -0.05) is 36.7 Å². The van der Waals surface area contributed by atoms with Gasteiger partial charge < -0.3 is 5.32 Å². The molecular formula is C22H19F3N4O4S. The minimum absolute atomic E-state index is 0.0540. The molecule has 0 saturated heterocycles. The zero-order chi connectivity index (χ0) is 24.5. The Bertz CT molecular complexity index is 1320. The molecule has 3 aromatic rings. The van der Waals surface area contributed by atoms with Crippen LogP contribution in [0, 0.1) is 10.1 Å². The quantitative estimate of drug-likeness (QED) is 0.220. The molecule has 0 atom stereocenters. The maximum absolute atomic E-state index is 13.4. The Morgan fingerprint density at radius 1 is 1.21 bits per heavy atom. The molecule has 12 heteroatoms. The third kappa shape index (κ3) is 4.91. The molecule has 1 heterocycles. The normalized spacial score (nSPS) is 14.4. The van der Waals surface area contributed by atoms with Crippen LogP contribution in [0.15, 0.2) is 52.4 Å². The number of nitrogens with one attached hydrogen (secondary N) is 1. The van der Waals surface area contributed by atoms with Gasteiger partial charge >= 0.3 is 6.18 Å². The molecular weight excluding hydrogens is 473 g/mol. The van der Waals surface area contributed by atoms with E-state index in [2.05, 4.69) is 10.3 Å². The molecule has 0 aliphatic heterocycles. The maximum atomic E-state index is 13.4. The number of hydrogen-bond donors (Lipinski definition) is 1. The molecule has 0 bridgehead atoms. The Morgan fingerprint density at radius 2 is 1.91 bits per heavy atom. The van der Waals surface area contributed by atoms with Crippen molar-refractivity contribution in [1.82, 2.24) is 9.55 Å². The number of hydrogen-bond acceptors (Lipinski definition) is 6. The summed E-state index contributed by atoms with van der Waals surface area (Å²) in [6.45, 7) is 0. The lowest BCUT2D eigenvalue weighted by Crippen LogP contribution is -2.27. The molecule has 1 aliphatic rings. The number of nitrogens with zero attached hydrogens (tertiary/aromatic N) is 3. The first-order chi connectivity index (χ1) is 16.1. The van der Waals surface area contributed by atoms with Gasteiger partial charge in [-0.2, -0.15) is 13.2 Å². The first-order valence-electron chi connectivity index (χ1n) is 10.4. The average Bonchev–Trinajstić information content (AvgIpc) is 3.31. The lowest BCUT2D eigenvalue weighted by atomic mass is 10.1. The topological polar surface area (TPSA) is 107 Å². The molecule has 1 fully saturated rings. The number of amides is 1. The molecule has 1 N–H and O–H groups in total. The number of alkyl halides is 3. The van der Waals surface area contributed by atoms with Crippen LogP contribution in [-0.4, -0.2) is 26.1 Å². The third-order valence-electron chi connectivity index (χ3n) is 5.59. The Labute approximate surface area is 195 Å². The van der Waals surface area contributed by atoms with Gasteiger partial charge in [0, 0.05) is 18.2 Å². The van der Waals surface area contributed by atoms with E-state index in [4.69, 9.17) is 0 Å². The van der Waals surface area contributed by atoms with Gasteiger partial charge in [0.25, 0.3) is 11.2 Å². The molecule has 8 nitrogen and oxygen atoms in total. The van der Waals surface area contributed by atoms with Crippen molar-refractivity contribution in [3.8, 4) is 0 Å². The number of aromatic nitrogens is 2. The molecule has 1 amide bonds. The van der Waals surface area contributed by atoms with Crippen LogP contribution < -0.4 is 10.9 Å². The van der Waals surface area contributed by atoms with Crippen LogP contribution in [0.25, 0.3) is 10.9 Å². The van der Waals surface area contributed by atoms with Crippen LogP contribution in [0.4, 0.5) is 24.5 Å². The van der Waals surface area contributed by atoms with Gasteiger partial charge in [0.15, 0.2) is 5.16 Å². The number of rotatable bonds is 6. The van der Waals surface area contributed by atoms with Crippen LogP contribution in [0.3, 0.4) is 0 Å². The fourth-order valence-electron chi connectivity index (χ4n) is 4.02. The molecule has 2 aromatic carbocycles. The van der Waals surface area contributed by atoms with Crippen molar-refractivity contribution in [1.29, 1.82) is 0 Å². The van der Waals surface area contributed by atoms with Crippen molar-refractivity contribution in [2.75, 3.05) is 11.1 Å². The van der Waals surface area contributed by atoms with E-state index in [0.717, 1.165) is 49.6 Å². The predicted octanol–water partition coefficient (Wildman–Crippen LogP) is 5.17. The second-order valence-electron chi connectivity index (χ2n) is 7.85. The van der Waals surface area contributed by atoms with Crippen molar-refractivity contribution in [3.05, 3.63) is 68.5 Å². The number of carbonyl (C=O) groups is 1. The Balaban J connectivity index is 1.59. The van der Waals surface area contributed by atoms with E-state index in [1.54, 1.807) is 28.8 Å². The van der Waals surface area contributed by atoms with E-state index in [0.29, 0.717) is 22.1 Å². The number of benzene rings is 2. The highest BCUT2D eigenvalue weighted by atomic mass is 32.2. The summed E-state index contributed by atoms with van der Waals surface area (Å²) in [7, 11) is 0. The number of fused-ring (bicyclic) bond motifs is 1. The lowest BCUT2D eigenvalue weighted by Gasteiger charge is -2.18. The number of halogens is 3. The van der Waals surface area contributed by atoms with Gasteiger partial charge in [-0.25, -0.2) is 4.98 Å². The van der Waals surface area contributed by atoms with Gasteiger partial charge in [0.2, 0.25) is 5.91 Å². The van der Waals surface area contributed by atoms with Gasteiger partial charge in [-0.05, 0) is 31.0 Å². The van der Waals surface area contributed by atoms with Crippen molar-refractivity contribution in [3.63, 3.8) is 0 Å². The van der Waals surface area contributed by atoms with Crippen LogP contribution in [0.5, 0.6) is 0 Å². The zero-order valence-electron chi connectivity index (χ0n) is 17.7. The van der Waals surface area contributed by atoms with Gasteiger partial charge in [-0.3, -0.25) is 24.3 Å². The van der Waals surface area contributed by atoms with Crippen molar-refractivity contribution in [2.24, 2.45) is 0 Å². The molecule has 0 spiro atoms. The maximum Gasteiger partial charge on any atom is 0.418 e. The SMILES string of the molecule is O=C(CSc1nc2ccccc2c(=O)n1C1CCCC1)Nc1ccc([N+](=O)[O-])cc1C(F)(F)F. The summed E-state index contributed by atoms with van der Waals surface area (Å²) in [4.78, 5) is 40.1. The summed E-state index contributed by atoms with van der Waals surface area (Å²) in [6, 6.07) is 8.92. The largest absolute Gasteiger partial charge is 0.418 e. The van der Waals surface area contributed by atoms with Crippen LogP contribution in [-0.2, 0) is 11.0 Å². The fraction of sp³-hybridized carbons (Fsp3) is 0.318. The number of non-ortho nitro benzene ring substituents is 1. The van der Waals surface area contributed by atoms with Gasteiger partial charge in [0.1, 0.15) is 0 Å². The van der Waals surface area contributed by atoms with Crippen molar-refractivity contribution in [2.45, 2.75) is 43.1 Å². The molecule has 34 heavy (non-hydrogen) atoms. The molecule has 178 valence electrons. The van der Waals surface area contributed by atoms with E-state index in [1.165, 1.54) is 0 Å². The van der Waals surface area contributed by atoms with Crippen molar-refractivity contribution < 1.29 is 22.9 Å². The summed E-state index contributed by atoms with van der Waals surface area (Å²) in [5.41, 5.74) is -2.37. The summed E-state index contributed by atoms with van der Waals surface area (Å²) in [5.74, 6) is -1.06. The average molecular weight is 492 g/mol. The Hall–Kier alpha value is -3.41. The minimum atomic E-state index is -4.90. The first-order valence-corrected chi connectivity index (χ1v) is 11.4. The monoisotopic (exact) mass is 492 g/mol. The predicted molar refractivity (Wildman–Crippen MR) is 121 cm³/mol. The highest BCUT2D eigenvalue weighted by molar-refractivity contribution is 7.99. The number of anilines is 1. The van der Waals surface area contributed by atoms with E-state index in [9.17, 15) is 32.9 Å². The highest BCUT2D eigenvalue weighted by Crippen LogP contribution is 2.37. The summed E-state index contributed by atoms with van der Waals surface area (Å²) < 4.78 is 41.7. The molecule has 4 rings (SSSR count). The van der Waals surface area contributed by atoms with E-state index < -0.39 is 33.9 Å². The summed E-state index contributed by atoms with van der Waals surface area (Å²) >= 11 is 0.962. The minimum Gasteiger partial charge on any atom is -0.325 e. The molecule has 0 radical (unpaired) electrons. The van der Waals surface area contributed by atoms with Crippen LogP contribution in [0.1, 0.15) is 37.3 Å². The third-order valence-corrected chi connectivity index (χ3v) is 6.54. The van der Waals surface area contributed by atoms with Gasteiger partial charge in [0.05, 0.1) is 32.8 Å². The molecule has 0 unspecified atom stereocenters. The van der Waals surface area contributed by atoms with Crippen LogP contribution >= 0.6 is 11.8 Å². The molecule has 1 aromatic heterocycles. The number of carbonyl (C=O) groups excluding carboxylic acids is 1. The standard InChI is InChI=1S/C22H19F3N4O4S/c23-22(24,25)16-11-14(29(32)33)9-10-18(16)26-19(30)12-34-21-27-17-8-4-3-7-15(17)20(31)28(21)13-5-1-2-6-13/h3-4,7-11,13H,1-2,5-6,12H2,(H,26,30). The second kappa shape index (κ2) is 9.45. The first kappa shape index (κ1) is 23.7. The van der Waals surface area contributed by atoms with Crippen molar-refractivity contribution >= 4 is 39.9 Å². The summed E-state index contributed by atoms with van der Waals surface area (Å²) in [5, 5.41) is 13.8. The number of nitro benzene ring substituents is 1. The molecule has 1 aliphatic carbocycles. The Kier molecular flexibility index (Phi) is 6.60. The zero-order valence-corrected chi connectivity index (χ0v) is 18.5. The highest BCUT2D eigenvalue weighted by Gasteiger charge is 2.35. The lowest BCUT2D eigenvalue weighted by molar-refractivity contribution is -0.385. The van der Waals surface area contributed by atoms with Gasteiger partial charge in [-0.15, -0.1) is 0 Å². The van der Waals surface area contributed by atoms with E-state index in [1.807, 2.05) is 0 Å².